The Balaban J connectivity index is 1.19. The van der Waals surface area contributed by atoms with E-state index in [2.05, 4.69) is 32.1 Å². The Kier molecular flexibility index (Phi) is 7.90. The minimum absolute atomic E-state index is 0.167. The first-order chi connectivity index (χ1) is 18.9. The molecule has 4 aromatic rings. The average Bonchev–Trinajstić information content (AvgIpc) is 3.38. The number of pyridine rings is 1. The number of piperazine rings is 1. The first-order valence-electron chi connectivity index (χ1n) is 13.0. The van der Waals surface area contributed by atoms with Crippen molar-refractivity contribution in [1.29, 1.82) is 0 Å². The zero-order chi connectivity index (χ0) is 27.4. The molecule has 2 N–H and O–H groups in total. The lowest BCUT2D eigenvalue weighted by Crippen LogP contribution is -2.43. The predicted octanol–water partition coefficient (Wildman–Crippen LogP) is 4.24. The Labute approximate surface area is 227 Å². The van der Waals surface area contributed by atoms with Gasteiger partial charge in [-0.05, 0) is 55.4 Å². The largest absolute Gasteiger partial charge is 0.488 e. The van der Waals surface area contributed by atoms with Gasteiger partial charge < -0.3 is 24.7 Å². The fourth-order valence-corrected chi connectivity index (χ4v) is 4.58. The number of H-pyrrole nitrogens is 1. The second kappa shape index (κ2) is 11.7. The number of hydrogen-bond donors (Lipinski definition) is 2. The molecule has 5 rings (SSSR count). The van der Waals surface area contributed by atoms with Gasteiger partial charge in [0.1, 0.15) is 23.7 Å². The van der Waals surface area contributed by atoms with Crippen molar-refractivity contribution in [3.63, 3.8) is 0 Å². The Bertz CT molecular complexity index is 1470. The van der Waals surface area contributed by atoms with Crippen molar-refractivity contribution in [1.82, 2.24) is 19.8 Å². The molecular formula is C30H33N5O4. The van der Waals surface area contributed by atoms with Gasteiger partial charge in [0.25, 0.3) is 5.91 Å². The summed E-state index contributed by atoms with van der Waals surface area (Å²) in [5.41, 5.74) is 5.22. The lowest BCUT2D eigenvalue weighted by molar-refractivity contribution is 0.0595. The van der Waals surface area contributed by atoms with Crippen LogP contribution < -0.4 is 10.1 Å². The van der Waals surface area contributed by atoms with E-state index in [4.69, 9.17) is 9.47 Å². The molecule has 1 saturated heterocycles. The summed E-state index contributed by atoms with van der Waals surface area (Å²) in [6, 6.07) is 17.0. The molecule has 0 spiro atoms. The van der Waals surface area contributed by atoms with E-state index in [1.165, 1.54) is 12.7 Å². The number of rotatable bonds is 8. The summed E-state index contributed by atoms with van der Waals surface area (Å²) in [6.45, 7) is 7.42. The van der Waals surface area contributed by atoms with Crippen LogP contribution in [0.2, 0.25) is 0 Å². The van der Waals surface area contributed by atoms with Crippen molar-refractivity contribution in [2.24, 2.45) is 0 Å². The number of nitrogens with zero attached hydrogens (tertiary/aromatic N) is 3. The molecule has 1 fully saturated rings. The number of aryl methyl sites for hydroxylation is 1. The Morgan fingerprint density at radius 1 is 1.00 bits per heavy atom. The number of esters is 1. The molecule has 3 heterocycles. The van der Waals surface area contributed by atoms with Gasteiger partial charge in [0.15, 0.2) is 0 Å². The zero-order valence-corrected chi connectivity index (χ0v) is 22.5. The summed E-state index contributed by atoms with van der Waals surface area (Å²) in [6.07, 6.45) is 1.70. The van der Waals surface area contributed by atoms with Gasteiger partial charge >= 0.3 is 5.97 Å². The lowest BCUT2D eigenvalue weighted by Gasteiger charge is -2.32. The summed E-state index contributed by atoms with van der Waals surface area (Å²) in [5.74, 6) is 0.0566. The molecule has 0 unspecified atom stereocenters. The van der Waals surface area contributed by atoms with E-state index < -0.39 is 5.97 Å². The normalized spacial score (nSPS) is 14.3. The van der Waals surface area contributed by atoms with Crippen LogP contribution in [0.15, 0.2) is 60.8 Å². The maximum atomic E-state index is 12.9. The minimum atomic E-state index is -0.443. The maximum Gasteiger partial charge on any atom is 0.354 e. The van der Waals surface area contributed by atoms with Crippen LogP contribution in [0.3, 0.4) is 0 Å². The number of likely N-dealkylation sites (N-methyl/N-ethyl adjacent to an activating group) is 1. The van der Waals surface area contributed by atoms with Crippen LogP contribution in [0.5, 0.6) is 5.75 Å². The highest BCUT2D eigenvalue weighted by Crippen LogP contribution is 2.25. The van der Waals surface area contributed by atoms with Crippen LogP contribution in [0.4, 0.5) is 5.69 Å². The van der Waals surface area contributed by atoms with Gasteiger partial charge in [-0.15, -0.1) is 0 Å². The predicted molar refractivity (Wildman–Crippen MR) is 150 cm³/mol. The summed E-state index contributed by atoms with van der Waals surface area (Å²) in [4.78, 5) is 36.8. The van der Waals surface area contributed by atoms with Crippen LogP contribution >= 0.6 is 0 Å². The van der Waals surface area contributed by atoms with Gasteiger partial charge in [0.2, 0.25) is 0 Å². The van der Waals surface area contributed by atoms with E-state index in [-0.39, 0.29) is 12.5 Å². The molecule has 0 aliphatic carbocycles. The van der Waals surface area contributed by atoms with Crippen molar-refractivity contribution >= 4 is 28.6 Å². The third-order valence-electron chi connectivity index (χ3n) is 6.99. The first-order valence-corrected chi connectivity index (χ1v) is 13.0. The molecule has 39 heavy (non-hydrogen) atoms. The number of carbonyl (C=O) groups excluding carboxylic acids is 2. The topological polar surface area (TPSA) is 99.8 Å². The molecule has 9 heteroatoms. The molecule has 9 nitrogen and oxygen atoms in total. The van der Waals surface area contributed by atoms with Crippen molar-refractivity contribution in [3.8, 4) is 5.75 Å². The molecule has 2 aromatic heterocycles. The maximum absolute atomic E-state index is 12.9. The van der Waals surface area contributed by atoms with Gasteiger partial charge in [0, 0.05) is 67.2 Å². The monoisotopic (exact) mass is 527 g/mol. The van der Waals surface area contributed by atoms with E-state index in [0.717, 1.165) is 49.2 Å². The Hall–Kier alpha value is -4.21. The average molecular weight is 528 g/mol. The van der Waals surface area contributed by atoms with Crippen molar-refractivity contribution < 1.29 is 19.1 Å². The summed E-state index contributed by atoms with van der Waals surface area (Å²) < 4.78 is 10.8. The highest BCUT2D eigenvalue weighted by Gasteiger charge is 2.15. The molecule has 0 radical (unpaired) electrons. The van der Waals surface area contributed by atoms with Crippen LogP contribution in [-0.2, 0) is 17.9 Å². The third-order valence-corrected chi connectivity index (χ3v) is 6.99. The number of amides is 1. The fraction of sp³-hybridized carbons (Fsp3) is 0.300. The van der Waals surface area contributed by atoms with Crippen molar-refractivity contribution in [3.05, 3.63) is 88.7 Å². The highest BCUT2D eigenvalue weighted by atomic mass is 16.5. The number of anilines is 1. The molecule has 202 valence electrons. The quantitative estimate of drug-likeness (QED) is 0.331. The first kappa shape index (κ1) is 26.4. The standard InChI is InChI=1S/C30H33N5O4/c1-20-4-9-25(32-29(36)23-7-5-21(6-8-23)18-35-12-10-34(2)11-13-35)16-27(20)39-19-22-14-24-15-26(30(37)38-3)33-28(24)31-17-22/h4-9,14-17H,10-13,18-19H2,1-3H3,(H,31,33)(H,32,36). The summed E-state index contributed by atoms with van der Waals surface area (Å²) in [7, 11) is 3.49. The van der Waals surface area contributed by atoms with Gasteiger partial charge in [-0.1, -0.05) is 18.2 Å². The van der Waals surface area contributed by atoms with Gasteiger partial charge in [-0.25, -0.2) is 9.78 Å². The minimum Gasteiger partial charge on any atom is -0.488 e. The molecule has 1 aliphatic rings. The number of aromatic nitrogens is 2. The van der Waals surface area contributed by atoms with E-state index in [1.807, 2.05) is 55.5 Å². The number of methoxy groups -OCH3 is 1. The number of ether oxygens (including phenoxy) is 2. The van der Waals surface area contributed by atoms with Crippen LogP contribution in [-0.4, -0.2) is 72.0 Å². The van der Waals surface area contributed by atoms with E-state index >= 15 is 0 Å². The third kappa shape index (κ3) is 6.45. The molecule has 0 bridgehead atoms. The molecule has 2 aromatic carbocycles. The number of benzene rings is 2. The Morgan fingerprint density at radius 2 is 1.77 bits per heavy atom. The van der Waals surface area contributed by atoms with Gasteiger partial charge in [-0.3, -0.25) is 9.69 Å². The number of nitrogens with one attached hydrogen (secondary N) is 2. The zero-order valence-electron chi connectivity index (χ0n) is 22.5. The van der Waals surface area contributed by atoms with E-state index in [1.54, 1.807) is 12.3 Å². The molecule has 0 saturated carbocycles. The number of aromatic amines is 1. The summed E-state index contributed by atoms with van der Waals surface area (Å²) in [5, 5.41) is 3.77. The van der Waals surface area contributed by atoms with Crippen LogP contribution in [0.25, 0.3) is 11.0 Å². The van der Waals surface area contributed by atoms with Crippen LogP contribution in [0.1, 0.15) is 37.5 Å². The van der Waals surface area contributed by atoms with E-state index in [0.29, 0.717) is 28.3 Å². The molecule has 0 atom stereocenters. The fourth-order valence-electron chi connectivity index (χ4n) is 4.58. The Morgan fingerprint density at radius 3 is 2.51 bits per heavy atom. The summed E-state index contributed by atoms with van der Waals surface area (Å²) >= 11 is 0. The smallest absolute Gasteiger partial charge is 0.354 e. The van der Waals surface area contributed by atoms with Gasteiger partial charge in [0.05, 0.1) is 7.11 Å². The van der Waals surface area contributed by atoms with Crippen LogP contribution in [0, 0.1) is 6.92 Å². The molecule has 1 amide bonds. The van der Waals surface area contributed by atoms with E-state index in [9.17, 15) is 9.59 Å². The highest BCUT2D eigenvalue weighted by molar-refractivity contribution is 6.04. The molecular weight excluding hydrogens is 494 g/mol. The number of hydrogen-bond acceptors (Lipinski definition) is 7. The van der Waals surface area contributed by atoms with Crippen molar-refractivity contribution in [2.45, 2.75) is 20.1 Å². The SMILES string of the molecule is COC(=O)c1cc2cc(COc3cc(NC(=O)c4ccc(CN5CCN(C)CC5)cc4)ccc3C)cnc2[nH]1. The number of fused-ring (bicyclic) bond motifs is 1. The lowest BCUT2D eigenvalue weighted by atomic mass is 10.1. The second-order valence-electron chi connectivity index (χ2n) is 9.96. The van der Waals surface area contributed by atoms with Crippen molar-refractivity contribution in [2.75, 3.05) is 45.7 Å². The number of carbonyl (C=O) groups is 2. The molecule has 1 aliphatic heterocycles. The second-order valence-corrected chi connectivity index (χ2v) is 9.96. The van der Waals surface area contributed by atoms with Gasteiger partial charge in [-0.2, -0.15) is 0 Å².